The van der Waals surface area contributed by atoms with Crippen molar-refractivity contribution in [3.05, 3.63) is 35.1 Å². The molecule has 0 atom stereocenters. The third-order valence-corrected chi connectivity index (χ3v) is 3.22. The second kappa shape index (κ2) is 5.29. The molecule has 0 heterocycles. The predicted octanol–water partition coefficient (Wildman–Crippen LogP) is 2.27. The molecule has 1 amide bonds. The van der Waals surface area contributed by atoms with E-state index in [1.165, 1.54) is 6.07 Å². The summed E-state index contributed by atoms with van der Waals surface area (Å²) in [5.41, 5.74) is 6.15. The summed E-state index contributed by atoms with van der Waals surface area (Å²) in [6.07, 6.45) is 0. The molecule has 0 aliphatic carbocycles. The third kappa shape index (κ3) is 4.03. The quantitative estimate of drug-likeness (QED) is 0.878. The standard InChI is InChI=1S/C15H23FN2O/c1-10-8-11(6-7-12(10)16)14(2,3)9-18-13(19)15(4,5)17/h6-8H,9,17H2,1-5H3,(H,18,19). The van der Waals surface area contributed by atoms with Gasteiger partial charge >= 0.3 is 0 Å². The first-order valence-electron chi connectivity index (χ1n) is 6.38. The van der Waals surface area contributed by atoms with E-state index in [0.717, 1.165) is 5.56 Å². The smallest absolute Gasteiger partial charge is 0.239 e. The molecule has 1 rings (SSSR count). The average molecular weight is 266 g/mol. The molecule has 0 saturated carbocycles. The van der Waals surface area contributed by atoms with Crippen LogP contribution in [-0.4, -0.2) is 18.0 Å². The van der Waals surface area contributed by atoms with Gasteiger partial charge in [0, 0.05) is 12.0 Å². The minimum Gasteiger partial charge on any atom is -0.354 e. The Hall–Kier alpha value is -1.42. The molecule has 4 heteroatoms. The number of nitrogens with two attached hydrogens (primary N) is 1. The summed E-state index contributed by atoms with van der Waals surface area (Å²) in [6.45, 7) is 9.52. The number of hydrogen-bond donors (Lipinski definition) is 2. The second-order valence-electron chi connectivity index (χ2n) is 6.25. The normalized spacial score (nSPS) is 12.4. The molecule has 0 spiro atoms. The molecule has 0 aliphatic rings. The fourth-order valence-electron chi connectivity index (χ4n) is 1.70. The number of nitrogens with one attached hydrogen (secondary N) is 1. The number of halogens is 1. The Bertz CT molecular complexity index is 476. The van der Waals surface area contributed by atoms with Crippen LogP contribution in [0.5, 0.6) is 0 Å². The Morgan fingerprint density at radius 1 is 1.32 bits per heavy atom. The number of aryl methyl sites for hydroxylation is 1. The first-order valence-corrected chi connectivity index (χ1v) is 6.38. The molecule has 1 aromatic carbocycles. The van der Waals surface area contributed by atoms with Gasteiger partial charge in [-0.3, -0.25) is 4.79 Å². The van der Waals surface area contributed by atoms with Gasteiger partial charge in [-0.15, -0.1) is 0 Å². The minimum absolute atomic E-state index is 0.195. The lowest BCUT2D eigenvalue weighted by molar-refractivity contribution is -0.125. The zero-order chi connectivity index (χ0) is 14.8. The molecule has 0 saturated heterocycles. The molecule has 3 N–H and O–H groups in total. The number of carbonyl (C=O) groups excluding carboxylic acids is 1. The summed E-state index contributed by atoms with van der Waals surface area (Å²) in [5, 5.41) is 2.84. The molecule has 0 unspecified atom stereocenters. The number of amides is 1. The van der Waals surface area contributed by atoms with Crippen molar-refractivity contribution >= 4 is 5.91 Å². The van der Waals surface area contributed by atoms with E-state index in [4.69, 9.17) is 5.73 Å². The van der Waals surface area contributed by atoms with E-state index in [-0.39, 0.29) is 17.1 Å². The van der Waals surface area contributed by atoms with E-state index < -0.39 is 5.54 Å². The second-order valence-corrected chi connectivity index (χ2v) is 6.25. The summed E-state index contributed by atoms with van der Waals surface area (Å²) in [5.74, 6) is -0.411. The summed E-state index contributed by atoms with van der Waals surface area (Å²) in [4.78, 5) is 11.8. The lowest BCUT2D eigenvalue weighted by Crippen LogP contribution is -2.51. The molecular formula is C15H23FN2O. The fraction of sp³-hybridized carbons (Fsp3) is 0.533. The summed E-state index contributed by atoms with van der Waals surface area (Å²) in [7, 11) is 0. The monoisotopic (exact) mass is 266 g/mol. The molecule has 0 bridgehead atoms. The van der Waals surface area contributed by atoms with Crippen LogP contribution in [0.2, 0.25) is 0 Å². The zero-order valence-electron chi connectivity index (χ0n) is 12.3. The van der Waals surface area contributed by atoms with E-state index in [0.29, 0.717) is 12.1 Å². The summed E-state index contributed by atoms with van der Waals surface area (Å²) < 4.78 is 13.3. The SMILES string of the molecule is Cc1cc(C(C)(C)CNC(=O)C(C)(C)N)ccc1F. The van der Waals surface area contributed by atoms with Gasteiger partial charge in [-0.25, -0.2) is 4.39 Å². The Kier molecular flexibility index (Phi) is 4.35. The molecule has 0 aliphatic heterocycles. The fourth-order valence-corrected chi connectivity index (χ4v) is 1.70. The highest BCUT2D eigenvalue weighted by Gasteiger charge is 2.26. The maximum atomic E-state index is 13.3. The lowest BCUT2D eigenvalue weighted by atomic mass is 9.83. The number of hydrogen-bond acceptors (Lipinski definition) is 2. The zero-order valence-corrected chi connectivity index (χ0v) is 12.3. The average Bonchev–Trinajstić information content (AvgIpc) is 2.28. The number of benzene rings is 1. The highest BCUT2D eigenvalue weighted by Crippen LogP contribution is 2.24. The van der Waals surface area contributed by atoms with Gasteiger partial charge in [-0.1, -0.05) is 26.0 Å². The van der Waals surface area contributed by atoms with Crippen molar-refractivity contribution in [2.45, 2.75) is 45.6 Å². The largest absolute Gasteiger partial charge is 0.354 e. The van der Waals surface area contributed by atoms with Crippen molar-refractivity contribution < 1.29 is 9.18 Å². The summed E-state index contributed by atoms with van der Waals surface area (Å²) >= 11 is 0. The number of rotatable bonds is 4. The topological polar surface area (TPSA) is 55.1 Å². The maximum Gasteiger partial charge on any atom is 0.239 e. The van der Waals surface area contributed by atoms with Crippen LogP contribution in [0.25, 0.3) is 0 Å². The lowest BCUT2D eigenvalue weighted by Gasteiger charge is -2.28. The van der Waals surface area contributed by atoms with Crippen LogP contribution in [0.15, 0.2) is 18.2 Å². The van der Waals surface area contributed by atoms with Crippen LogP contribution < -0.4 is 11.1 Å². The predicted molar refractivity (Wildman–Crippen MR) is 75.4 cm³/mol. The van der Waals surface area contributed by atoms with E-state index in [9.17, 15) is 9.18 Å². The molecule has 1 aromatic rings. The van der Waals surface area contributed by atoms with Gasteiger partial charge in [0.1, 0.15) is 5.82 Å². The van der Waals surface area contributed by atoms with Crippen molar-refractivity contribution in [1.29, 1.82) is 0 Å². The van der Waals surface area contributed by atoms with Crippen molar-refractivity contribution in [3.63, 3.8) is 0 Å². The van der Waals surface area contributed by atoms with Crippen molar-refractivity contribution in [2.75, 3.05) is 6.54 Å². The molecule has 19 heavy (non-hydrogen) atoms. The molecule has 0 radical (unpaired) electrons. The Labute approximate surface area is 114 Å². The Morgan fingerprint density at radius 3 is 2.37 bits per heavy atom. The van der Waals surface area contributed by atoms with E-state index in [1.807, 2.05) is 19.9 Å². The highest BCUT2D eigenvalue weighted by molar-refractivity contribution is 5.85. The van der Waals surface area contributed by atoms with Crippen LogP contribution in [-0.2, 0) is 10.2 Å². The van der Waals surface area contributed by atoms with Crippen LogP contribution >= 0.6 is 0 Å². The van der Waals surface area contributed by atoms with Crippen LogP contribution in [0.1, 0.15) is 38.8 Å². The number of carbonyl (C=O) groups is 1. The summed E-state index contributed by atoms with van der Waals surface area (Å²) in [6, 6.07) is 5.03. The first-order chi connectivity index (χ1) is 8.54. The molecular weight excluding hydrogens is 243 g/mol. The first kappa shape index (κ1) is 15.6. The van der Waals surface area contributed by atoms with Gasteiger partial charge in [0.05, 0.1) is 5.54 Å². The van der Waals surface area contributed by atoms with Gasteiger partial charge in [-0.2, -0.15) is 0 Å². The van der Waals surface area contributed by atoms with Crippen LogP contribution in [0, 0.1) is 12.7 Å². The van der Waals surface area contributed by atoms with E-state index in [2.05, 4.69) is 5.32 Å². The van der Waals surface area contributed by atoms with Gasteiger partial charge in [-0.05, 0) is 38.0 Å². The van der Waals surface area contributed by atoms with E-state index >= 15 is 0 Å². The van der Waals surface area contributed by atoms with Gasteiger partial charge < -0.3 is 11.1 Å². The molecule has 0 fully saturated rings. The van der Waals surface area contributed by atoms with Crippen molar-refractivity contribution in [3.8, 4) is 0 Å². The van der Waals surface area contributed by atoms with Gasteiger partial charge in [0.25, 0.3) is 0 Å². The maximum absolute atomic E-state index is 13.3. The highest BCUT2D eigenvalue weighted by atomic mass is 19.1. The van der Waals surface area contributed by atoms with E-state index in [1.54, 1.807) is 26.8 Å². The van der Waals surface area contributed by atoms with Crippen LogP contribution in [0.3, 0.4) is 0 Å². The minimum atomic E-state index is -0.894. The molecule has 0 aromatic heterocycles. The molecule has 106 valence electrons. The Morgan fingerprint density at radius 2 is 1.89 bits per heavy atom. The van der Waals surface area contributed by atoms with Crippen molar-refractivity contribution in [1.82, 2.24) is 5.32 Å². The van der Waals surface area contributed by atoms with Gasteiger partial charge in [0.2, 0.25) is 5.91 Å². The van der Waals surface area contributed by atoms with Crippen molar-refractivity contribution in [2.24, 2.45) is 5.73 Å². The third-order valence-electron chi connectivity index (χ3n) is 3.22. The Balaban J connectivity index is 2.81. The van der Waals surface area contributed by atoms with Crippen LogP contribution in [0.4, 0.5) is 4.39 Å². The molecule has 3 nitrogen and oxygen atoms in total. The van der Waals surface area contributed by atoms with Gasteiger partial charge in [0.15, 0.2) is 0 Å².